The van der Waals surface area contributed by atoms with Gasteiger partial charge in [0.1, 0.15) is 18.2 Å². The van der Waals surface area contributed by atoms with E-state index in [1.807, 2.05) is 0 Å². The number of nitrogens with one attached hydrogen (secondary N) is 2. The second-order valence-corrected chi connectivity index (χ2v) is 8.05. The van der Waals surface area contributed by atoms with Crippen LogP contribution >= 0.6 is 11.6 Å². The lowest BCUT2D eigenvalue weighted by Crippen LogP contribution is -2.45. The number of nitrogens with zero attached hydrogens (tertiary/aromatic N) is 1. The maximum Gasteiger partial charge on any atom is 0.255 e. The topological polar surface area (TPSA) is 87.7 Å². The van der Waals surface area contributed by atoms with Crippen LogP contribution in [0.3, 0.4) is 0 Å². The van der Waals surface area contributed by atoms with Crippen molar-refractivity contribution in [2.45, 2.75) is 25.8 Å². The Kier molecular flexibility index (Phi) is 8.05. The molecule has 0 radical (unpaired) electrons. The quantitative estimate of drug-likeness (QED) is 0.683. The van der Waals surface area contributed by atoms with Gasteiger partial charge in [-0.2, -0.15) is 0 Å². The molecule has 1 aliphatic rings. The Morgan fingerprint density at radius 2 is 1.91 bits per heavy atom. The zero-order chi connectivity index (χ0) is 23.1. The van der Waals surface area contributed by atoms with Gasteiger partial charge in [0.15, 0.2) is 0 Å². The third kappa shape index (κ3) is 6.43. The molecule has 170 valence electrons. The minimum Gasteiger partial charge on any atom is -0.491 e. The highest BCUT2D eigenvalue weighted by Crippen LogP contribution is 2.23. The number of halogens is 2. The molecule has 0 bridgehead atoms. The predicted molar refractivity (Wildman–Crippen MR) is 118 cm³/mol. The van der Waals surface area contributed by atoms with Gasteiger partial charge in [0.05, 0.1) is 18.2 Å². The van der Waals surface area contributed by atoms with E-state index in [-0.39, 0.29) is 36.9 Å². The maximum absolute atomic E-state index is 13.2. The Hall–Kier alpha value is -3.13. The van der Waals surface area contributed by atoms with Crippen molar-refractivity contribution >= 4 is 29.3 Å². The molecular formula is C23H25ClFN3O4. The van der Waals surface area contributed by atoms with Crippen molar-refractivity contribution in [2.75, 3.05) is 26.2 Å². The van der Waals surface area contributed by atoms with E-state index in [0.29, 0.717) is 47.8 Å². The van der Waals surface area contributed by atoms with Crippen LogP contribution in [0.5, 0.6) is 5.75 Å². The van der Waals surface area contributed by atoms with Crippen molar-refractivity contribution < 1.29 is 23.5 Å². The Labute approximate surface area is 190 Å². The van der Waals surface area contributed by atoms with Gasteiger partial charge in [0, 0.05) is 23.7 Å². The standard InChI is InChI=1S/C23H25ClFN3O4/c1-15-14-32-20-9-6-17(24)12-19(20)22(30)26-10-2-3-11-28(13-21(29)27-15)23(31)16-4-7-18(25)8-5-16/h4-9,12,15H,2-3,10-11,13-14H2,1H3,(H,26,30)(H,27,29)/t15-/m0/s1. The summed E-state index contributed by atoms with van der Waals surface area (Å²) in [6.07, 6.45) is 1.16. The molecule has 2 aromatic carbocycles. The molecule has 1 atom stereocenters. The first kappa shape index (κ1) is 23.5. The van der Waals surface area contributed by atoms with E-state index in [2.05, 4.69) is 10.6 Å². The zero-order valence-electron chi connectivity index (χ0n) is 17.7. The number of ether oxygens (including phenoxy) is 1. The average Bonchev–Trinajstić information content (AvgIpc) is 2.76. The molecular weight excluding hydrogens is 437 g/mol. The molecule has 0 aliphatic carbocycles. The van der Waals surface area contributed by atoms with E-state index in [1.165, 1.54) is 35.2 Å². The number of amides is 3. The highest BCUT2D eigenvalue weighted by molar-refractivity contribution is 6.31. The lowest BCUT2D eigenvalue weighted by Gasteiger charge is -2.23. The Bertz CT molecular complexity index is 984. The molecule has 9 heteroatoms. The first-order valence-corrected chi connectivity index (χ1v) is 10.8. The van der Waals surface area contributed by atoms with Gasteiger partial charge >= 0.3 is 0 Å². The molecule has 0 aromatic heterocycles. The normalized spacial score (nSPS) is 18.3. The predicted octanol–water partition coefficient (Wildman–Crippen LogP) is 3.03. The number of benzene rings is 2. The van der Waals surface area contributed by atoms with Crippen molar-refractivity contribution in [3.05, 3.63) is 64.4 Å². The fraction of sp³-hybridized carbons (Fsp3) is 0.348. The van der Waals surface area contributed by atoms with E-state index in [4.69, 9.17) is 16.3 Å². The first-order chi connectivity index (χ1) is 15.3. The summed E-state index contributed by atoms with van der Waals surface area (Å²) >= 11 is 6.04. The molecule has 0 fully saturated rings. The van der Waals surface area contributed by atoms with Crippen LogP contribution in [0.15, 0.2) is 42.5 Å². The van der Waals surface area contributed by atoms with Crippen LogP contribution in [0.2, 0.25) is 5.02 Å². The van der Waals surface area contributed by atoms with Gasteiger partial charge in [-0.15, -0.1) is 0 Å². The average molecular weight is 462 g/mol. The van der Waals surface area contributed by atoms with Crippen LogP contribution in [0.1, 0.15) is 40.5 Å². The second kappa shape index (κ2) is 10.9. The van der Waals surface area contributed by atoms with Crippen molar-refractivity contribution in [2.24, 2.45) is 0 Å². The first-order valence-electron chi connectivity index (χ1n) is 10.4. The summed E-state index contributed by atoms with van der Waals surface area (Å²) in [5, 5.41) is 6.05. The summed E-state index contributed by atoms with van der Waals surface area (Å²) in [4.78, 5) is 39.5. The van der Waals surface area contributed by atoms with Crippen LogP contribution in [0.4, 0.5) is 4.39 Å². The van der Waals surface area contributed by atoms with E-state index in [1.54, 1.807) is 19.1 Å². The van der Waals surface area contributed by atoms with Gasteiger partial charge in [-0.3, -0.25) is 14.4 Å². The number of hydrogen-bond acceptors (Lipinski definition) is 4. The molecule has 3 rings (SSSR count). The van der Waals surface area contributed by atoms with Gasteiger partial charge in [-0.1, -0.05) is 11.6 Å². The van der Waals surface area contributed by atoms with Gasteiger partial charge in [-0.25, -0.2) is 4.39 Å². The van der Waals surface area contributed by atoms with Crippen molar-refractivity contribution in [3.63, 3.8) is 0 Å². The molecule has 7 nitrogen and oxygen atoms in total. The summed E-state index contributed by atoms with van der Waals surface area (Å²) < 4.78 is 19.0. The van der Waals surface area contributed by atoms with E-state index in [0.717, 1.165) is 0 Å². The van der Waals surface area contributed by atoms with Crippen molar-refractivity contribution in [3.8, 4) is 5.75 Å². The summed E-state index contributed by atoms with van der Waals surface area (Å²) in [6.45, 7) is 2.44. The summed E-state index contributed by atoms with van der Waals surface area (Å²) in [5.41, 5.74) is 0.619. The molecule has 32 heavy (non-hydrogen) atoms. The smallest absolute Gasteiger partial charge is 0.255 e. The molecule has 0 spiro atoms. The highest BCUT2D eigenvalue weighted by atomic mass is 35.5. The van der Waals surface area contributed by atoms with Gasteiger partial charge in [0.2, 0.25) is 5.91 Å². The number of carbonyl (C=O) groups excluding carboxylic acids is 3. The zero-order valence-corrected chi connectivity index (χ0v) is 18.5. The number of fused-ring (bicyclic) bond motifs is 1. The minimum absolute atomic E-state index is 0.125. The number of carbonyl (C=O) groups is 3. The Morgan fingerprint density at radius 3 is 2.66 bits per heavy atom. The van der Waals surface area contributed by atoms with E-state index in [9.17, 15) is 18.8 Å². The summed E-state index contributed by atoms with van der Waals surface area (Å²) in [5.74, 6) is -1.08. The fourth-order valence-corrected chi connectivity index (χ4v) is 3.48. The minimum atomic E-state index is -0.441. The van der Waals surface area contributed by atoms with Crippen molar-refractivity contribution in [1.29, 1.82) is 0 Å². The SMILES string of the molecule is C[C@H]1COc2ccc(Cl)cc2C(=O)NCCCCN(C(=O)c2ccc(F)cc2)CC(=O)N1. The van der Waals surface area contributed by atoms with Crippen molar-refractivity contribution in [1.82, 2.24) is 15.5 Å². The third-order valence-corrected chi connectivity index (χ3v) is 5.17. The largest absolute Gasteiger partial charge is 0.491 e. The molecule has 0 saturated carbocycles. The summed E-state index contributed by atoms with van der Waals surface area (Å²) in [6, 6.07) is 9.61. The highest BCUT2D eigenvalue weighted by Gasteiger charge is 2.21. The Balaban J connectivity index is 1.75. The third-order valence-electron chi connectivity index (χ3n) is 4.94. The molecule has 2 N–H and O–H groups in total. The van der Waals surface area contributed by atoms with Gasteiger partial charge in [-0.05, 0) is 62.2 Å². The summed E-state index contributed by atoms with van der Waals surface area (Å²) in [7, 11) is 0. The lowest BCUT2D eigenvalue weighted by molar-refractivity contribution is -0.122. The van der Waals surface area contributed by atoms with Crippen LogP contribution in [0.25, 0.3) is 0 Å². The number of hydrogen-bond donors (Lipinski definition) is 2. The lowest BCUT2D eigenvalue weighted by atomic mass is 10.1. The van der Waals surface area contributed by atoms with Crippen LogP contribution in [-0.4, -0.2) is 54.9 Å². The van der Waals surface area contributed by atoms with Crippen LogP contribution in [-0.2, 0) is 4.79 Å². The molecule has 2 aromatic rings. The van der Waals surface area contributed by atoms with Crippen LogP contribution in [0, 0.1) is 5.82 Å². The molecule has 1 heterocycles. The van der Waals surface area contributed by atoms with Crippen LogP contribution < -0.4 is 15.4 Å². The fourth-order valence-electron chi connectivity index (χ4n) is 3.31. The van der Waals surface area contributed by atoms with Gasteiger partial charge in [0.25, 0.3) is 11.8 Å². The monoisotopic (exact) mass is 461 g/mol. The number of rotatable bonds is 1. The van der Waals surface area contributed by atoms with Gasteiger partial charge < -0.3 is 20.3 Å². The molecule has 3 amide bonds. The molecule has 0 saturated heterocycles. The van der Waals surface area contributed by atoms with E-state index >= 15 is 0 Å². The maximum atomic E-state index is 13.2. The van der Waals surface area contributed by atoms with E-state index < -0.39 is 5.82 Å². The molecule has 1 aliphatic heterocycles. The second-order valence-electron chi connectivity index (χ2n) is 7.62. The Morgan fingerprint density at radius 1 is 1.16 bits per heavy atom. The molecule has 0 unspecified atom stereocenters.